The Morgan fingerprint density at radius 1 is 1.04 bits per heavy atom. The number of carboxylic acid groups (broad SMARTS) is 1. The molecule has 27 heavy (non-hydrogen) atoms. The summed E-state index contributed by atoms with van der Waals surface area (Å²) in [7, 11) is 0. The summed E-state index contributed by atoms with van der Waals surface area (Å²) in [6, 6.07) is 15.3. The first-order valence-corrected chi connectivity index (χ1v) is 9.34. The number of nitrogens with one attached hydrogen (secondary N) is 2. The van der Waals surface area contributed by atoms with Crippen molar-refractivity contribution in [2.24, 2.45) is 0 Å². The van der Waals surface area contributed by atoms with Gasteiger partial charge in [0, 0.05) is 23.9 Å². The smallest absolute Gasteiger partial charge is 0.326 e. The lowest BCUT2D eigenvalue weighted by Gasteiger charge is -2.18. The van der Waals surface area contributed by atoms with Crippen LogP contribution < -0.4 is 10.6 Å². The van der Waals surface area contributed by atoms with E-state index in [1.54, 1.807) is 31.2 Å². The highest BCUT2D eigenvalue weighted by Gasteiger charge is 2.23. The summed E-state index contributed by atoms with van der Waals surface area (Å²) in [5, 5.41) is 14.2. The van der Waals surface area contributed by atoms with E-state index in [0.29, 0.717) is 5.69 Å². The maximum absolute atomic E-state index is 12.4. The molecule has 1 unspecified atom stereocenters. The number of carboxylic acids is 1. The SMILES string of the molecule is CC(=O)Nc1ccc(SC(C)C(=O)N[C@@H](Cc2ccccc2)C(=O)O)cc1. The minimum Gasteiger partial charge on any atom is -0.480 e. The van der Waals surface area contributed by atoms with Gasteiger partial charge in [0.1, 0.15) is 6.04 Å². The summed E-state index contributed by atoms with van der Waals surface area (Å²) in [6.45, 7) is 3.16. The molecule has 2 atom stereocenters. The number of carbonyl (C=O) groups is 3. The van der Waals surface area contributed by atoms with E-state index in [4.69, 9.17) is 0 Å². The Hall–Kier alpha value is -2.80. The molecule has 6 nitrogen and oxygen atoms in total. The van der Waals surface area contributed by atoms with Gasteiger partial charge < -0.3 is 15.7 Å². The number of hydrogen-bond donors (Lipinski definition) is 3. The molecule has 2 aromatic rings. The Morgan fingerprint density at radius 3 is 2.22 bits per heavy atom. The van der Waals surface area contributed by atoms with Crippen molar-refractivity contribution in [1.82, 2.24) is 5.32 Å². The summed E-state index contributed by atoms with van der Waals surface area (Å²) < 4.78 is 0. The number of rotatable bonds is 8. The summed E-state index contributed by atoms with van der Waals surface area (Å²) in [5.41, 5.74) is 1.52. The average Bonchev–Trinajstić information content (AvgIpc) is 2.63. The second-order valence-electron chi connectivity index (χ2n) is 6.05. The Balaban J connectivity index is 1.94. The van der Waals surface area contributed by atoms with Gasteiger partial charge in [-0.25, -0.2) is 4.79 Å². The molecule has 2 aromatic carbocycles. The van der Waals surface area contributed by atoms with Crippen molar-refractivity contribution in [3.63, 3.8) is 0 Å². The maximum atomic E-state index is 12.4. The van der Waals surface area contributed by atoms with Gasteiger partial charge in [0.2, 0.25) is 11.8 Å². The van der Waals surface area contributed by atoms with Crippen molar-refractivity contribution >= 4 is 35.2 Å². The molecule has 2 amide bonds. The van der Waals surface area contributed by atoms with Crippen LogP contribution >= 0.6 is 11.8 Å². The number of thioether (sulfide) groups is 1. The zero-order chi connectivity index (χ0) is 19.8. The normalized spacial score (nSPS) is 12.7. The van der Waals surface area contributed by atoms with Crippen molar-refractivity contribution < 1.29 is 19.5 Å². The van der Waals surface area contributed by atoms with Crippen molar-refractivity contribution in [3.05, 3.63) is 60.2 Å². The second kappa shape index (κ2) is 9.78. The quantitative estimate of drug-likeness (QED) is 0.606. The van der Waals surface area contributed by atoms with Crippen LogP contribution in [0.25, 0.3) is 0 Å². The molecule has 0 bridgehead atoms. The van der Waals surface area contributed by atoms with Crippen LogP contribution in [0.2, 0.25) is 0 Å². The van der Waals surface area contributed by atoms with E-state index >= 15 is 0 Å². The molecule has 0 aliphatic rings. The summed E-state index contributed by atoms with van der Waals surface area (Å²) in [6.07, 6.45) is 0.227. The first-order valence-electron chi connectivity index (χ1n) is 8.46. The molecule has 3 N–H and O–H groups in total. The molecule has 0 fully saturated rings. The van der Waals surface area contributed by atoms with Crippen LogP contribution in [-0.4, -0.2) is 34.2 Å². The molecular formula is C20H22N2O4S. The van der Waals surface area contributed by atoms with Gasteiger partial charge in [0.15, 0.2) is 0 Å². The highest BCUT2D eigenvalue weighted by molar-refractivity contribution is 8.00. The predicted molar refractivity (Wildman–Crippen MR) is 106 cm³/mol. The fourth-order valence-electron chi connectivity index (χ4n) is 2.42. The highest BCUT2D eigenvalue weighted by atomic mass is 32.2. The number of anilines is 1. The van der Waals surface area contributed by atoms with Crippen LogP contribution in [0.15, 0.2) is 59.5 Å². The Labute approximate surface area is 162 Å². The Kier molecular flexibility index (Phi) is 7.43. The van der Waals surface area contributed by atoms with Gasteiger partial charge in [0.05, 0.1) is 5.25 Å². The second-order valence-corrected chi connectivity index (χ2v) is 7.47. The Morgan fingerprint density at radius 2 is 1.67 bits per heavy atom. The molecule has 0 aliphatic carbocycles. The molecule has 0 aromatic heterocycles. The van der Waals surface area contributed by atoms with Gasteiger partial charge in [-0.05, 0) is 36.8 Å². The highest BCUT2D eigenvalue weighted by Crippen LogP contribution is 2.25. The fraction of sp³-hybridized carbons (Fsp3) is 0.250. The third-order valence-electron chi connectivity index (χ3n) is 3.75. The van der Waals surface area contributed by atoms with Gasteiger partial charge in [-0.3, -0.25) is 9.59 Å². The molecule has 0 spiro atoms. The summed E-state index contributed by atoms with van der Waals surface area (Å²) in [4.78, 5) is 35.8. The first kappa shape index (κ1) is 20.5. The molecular weight excluding hydrogens is 364 g/mol. The van der Waals surface area contributed by atoms with Crippen molar-refractivity contribution in [2.75, 3.05) is 5.32 Å². The topological polar surface area (TPSA) is 95.5 Å². The van der Waals surface area contributed by atoms with Crippen LogP contribution in [0.3, 0.4) is 0 Å². The van der Waals surface area contributed by atoms with Gasteiger partial charge >= 0.3 is 5.97 Å². The van der Waals surface area contributed by atoms with E-state index in [1.165, 1.54) is 18.7 Å². The van der Waals surface area contributed by atoms with Gasteiger partial charge in [-0.2, -0.15) is 0 Å². The number of benzene rings is 2. The molecule has 7 heteroatoms. The monoisotopic (exact) mass is 386 g/mol. The Bertz CT molecular complexity index is 793. The fourth-order valence-corrected chi connectivity index (χ4v) is 3.29. The third-order valence-corrected chi connectivity index (χ3v) is 4.87. The standard InChI is InChI=1S/C20H22N2O4S/c1-13(27-17-10-8-16(9-11-17)21-14(2)23)19(24)22-18(20(25)26)12-15-6-4-3-5-7-15/h3-11,13,18H,12H2,1-2H3,(H,21,23)(H,22,24)(H,25,26)/t13?,18-/m0/s1. The van der Waals surface area contributed by atoms with Gasteiger partial charge in [-0.15, -0.1) is 11.8 Å². The predicted octanol–water partition coefficient (Wildman–Crippen LogP) is 2.94. The zero-order valence-corrected chi connectivity index (χ0v) is 16.0. The lowest BCUT2D eigenvalue weighted by atomic mass is 10.1. The maximum Gasteiger partial charge on any atom is 0.326 e. The van der Waals surface area contributed by atoms with Crippen LogP contribution in [0.4, 0.5) is 5.69 Å². The minimum atomic E-state index is -1.07. The summed E-state index contributed by atoms with van der Waals surface area (Å²) >= 11 is 1.32. The number of hydrogen-bond acceptors (Lipinski definition) is 4. The van der Waals surface area contributed by atoms with Gasteiger partial charge in [0.25, 0.3) is 0 Å². The number of amides is 2. The zero-order valence-electron chi connectivity index (χ0n) is 15.1. The minimum absolute atomic E-state index is 0.152. The van der Waals surface area contributed by atoms with Crippen molar-refractivity contribution in [3.8, 4) is 0 Å². The van der Waals surface area contributed by atoms with E-state index in [0.717, 1.165) is 10.5 Å². The first-order chi connectivity index (χ1) is 12.8. The van der Waals surface area contributed by atoms with Crippen molar-refractivity contribution in [1.29, 1.82) is 0 Å². The molecule has 0 saturated heterocycles. The van der Waals surface area contributed by atoms with Crippen LogP contribution in [0, 0.1) is 0 Å². The number of aliphatic carboxylic acids is 1. The van der Waals surface area contributed by atoms with E-state index in [2.05, 4.69) is 10.6 Å². The van der Waals surface area contributed by atoms with Crippen LogP contribution in [0.1, 0.15) is 19.4 Å². The molecule has 0 aliphatic heterocycles. The van der Waals surface area contributed by atoms with E-state index in [9.17, 15) is 19.5 Å². The van der Waals surface area contributed by atoms with Crippen LogP contribution in [-0.2, 0) is 20.8 Å². The third kappa shape index (κ3) is 6.79. The molecule has 2 rings (SSSR count). The molecule has 0 saturated carbocycles. The average molecular weight is 386 g/mol. The molecule has 142 valence electrons. The number of carbonyl (C=O) groups excluding carboxylic acids is 2. The van der Waals surface area contributed by atoms with Crippen LogP contribution in [0.5, 0.6) is 0 Å². The lowest BCUT2D eigenvalue weighted by molar-refractivity contribution is -0.141. The summed E-state index contributed by atoms with van der Waals surface area (Å²) in [5.74, 6) is -1.56. The van der Waals surface area contributed by atoms with Gasteiger partial charge in [-0.1, -0.05) is 30.3 Å². The van der Waals surface area contributed by atoms with E-state index < -0.39 is 17.3 Å². The molecule has 0 heterocycles. The molecule has 0 radical (unpaired) electrons. The lowest BCUT2D eigenvalue weighted by Crippen LogP contribution is -2.45. The largest absolute Gasteiger partial charge is 0.480 e. The van der Waals surface area contributed by atoms with E-state index in [1.807, 2.05) is 30.3 Å². The van der Waals surface area contributed by atoms with E-state index in [-0.39, 0.29) is 18.2 Å². The van der Waals surface area contributed by atoms with Crippen molar-refractivity contribution in [2.45, 2.75) is 36.5 Å².